The highest BCUT2D eigenvalue weighted by atomic mass is 16.5. The Morgan fingerprint density at radius 2 is 2.44 bits per heavy atom. The molecule has 2 fully saturated rings. The molecule has 2 aliphatic rings. The molecule has 0 aliphatic carbocycles. The molecule has 0 aromatic rings. The fourth-order valence-corrected chi connectivity index (χ4v) is 2.08. The molecule has 2 saturated heterocycles. The first kappa shape index (κ1) is 11.3. The first-order chi connectivity index (χ1) is 7.66. The SMILES string of the molecule is O=C(O)C1CN(CC2CCCO2)C(=O)CN1. The molecule has 6 heteroatoms. The van der Waals surface area contributed by atoms with Gasteiger partial charge in [-0.05, 0) is 12.8 Å². The second kappa shape index (κ2) is 4.80. The van der Waals surface area contributed by atoms with Gasteiger partial charge < -0.3 is 14.7 Å². The molecule has 0 radical (unpaired) electrons. The van der Waals surface area contributed by atoms with Gasteiger partial charge in [-0.3, -0.25) is 14.9 Å². The average Bonchev–Trinajstić information content (AvgIpc) is 2.73. The third kappa shape index (κ3) is 2.51. The summed E-state index contributed by atoms with van der Waals surface area (Å²) in [7, 11) is 0. The van der Waals surface area contributed by atoms with Gasteiger partial charge in [0, 0.05) is 19.7 Å². The summed E-state index contributed by atoms with van der Waals surface area (Å²) in [6.45, 7) is 1.59. The van der Waals surface area contributed by atoms with Crippen LogP contribution in [0.3, 0.4) is 0 Å². The van der Waals surface area contributed by atoms with E-state index < -0.39 is 12.0 Å². The number of hydrogen-bond donors (Lipinski definition) is 2. The van der Waals surface area contributed by atoms with E-state index in [1.807, 2.05) is 0 Å². The molecule has 2 heterocycles. The molecule has 0 bridgehead atoms. The number of carboxylic acid groups (broad SMARTS) is 1. The average molecular weight is 228 g/mol. The van der Waals surface area contributed by atoms with Crippen molar-refractivity contribution in [1.29, 1.82) is 0 Å². The van der Waals surface area contributed by atoms with Gasteiger partial charge in [-0.2, -0.15) is 0 Å². The predicted octanol–water partition coefficient (Wildman–Crippen LogP) is -0.950. The Morgan fingerprint density at radius 3 is 3.06 bits per heavy atom. The normalized spacial score (nSPS) is 30.8. The van der Waals surface area contributed by atoms with Gasteiger partial charge in [0.2, 0.25) is 5.91 Å². The van der Waals surface area contributed by atoms with Crippen molar-refractivity contribution in [2.75, 3.05) is 26.2 Å². The topological polar surface area (TPSA) is 78.9 Å². The number of carboxylic acids is 1. The number of amides is 1. The van der Waals surface area contributed by atoms with Crippen LogP contribution in [0.25, 0.3) is 0 Å². The lowest BCUT2D eigenvalue weighted by molar-refractivity contribution is -0.144. The zero-order valence-electron chi connectivity index (χ0n) is 9.02. The largest absolute Gasteiger partial charge is 0.480 e. The van der Waals surface area contributed by atoms with Crippen molar-refractivity contribution in [1.82, 2.24) is 10.2 Å². The van der Waals surface area contributed by atoms with E-state index in [2.05, 4.69) is 5.32 Å². The Labute approximate surface area is 93.6 Å². The Kier molecular flexibility index (Phi) is 3.40. The van der Waals surface area contributed by atoms with Gasteiger partial charge in [-0.1, -0.05) is 0 Å². The standard InChI is InChI=1S/C10H16N2O4/c13-9-4-11-8(10(14)15)6-12(9)5-7-2-1-3-16-7/h7-8,11H,1-6H2,(H,14,15). The maximum atomic E-state index is 11.6. The summed E-state index contributed by atoms with van der Waals surface area (Å²) in [5, 5.41) is 11.6. The Balaban J connectivity index is 1.90. The van der Waals surface area contributed by atoms with E-state index in [-0.39, 0.29) is 25.1 Å². The molecule has 0 aromatic carbocycles. The van der Waals surface area contributed by atoms with Gasteiger partial charge in [0.05, 0.1) is 12.6 Å². The summed E-state index contributed by atoms with van der Waals surface area (Å²) in [5.74, 6) is -0.960. The van der Waals surface area contributed by atoms with E-state index in [1.165, 1.54) is 0 Å². The van der Waals surface area contributed by atoms with Crippen molar-refractivity contribution < 1.29 is 19.4 Å². The van der Waals surface area contributed by atoms with Crippen LogP contribution in [-0.2, 0) is 14.3 Å². The second-order valence-corrected chi connectivity index (χ2v) is 4.21. The number of piperazine rings is 1. The lowest BCUT2D eigenvalue weighted by atomic mass is 10.1. The quantitative estimate of drug-likeness (QED) is 0.651. The minimum absolute atomic E-state index is 0.0481. The summed E-state index contributed by atoms with van der Waals surface area (Å²) in [4.78, 5) is 24.0. The fourth-order valence-electron chi connectivity index (χ4n) is 2.08. The lowest BCUT2D eigenvalue weighted by Gasteiger charge is -2.32. The van der Waals surface area contributed by atoms with E-state index >= 15 is 0 Å². The molecule has 2 aliphatic heterocycles. The van der Waals surface area contributed by atoms with Crippen molar-refractivity contribution in [3.05, 3.63) is 0 Å². The van der Waals surface area contributed by atoms with E-state index in [1.54, 1.807) is 4.90 Å². The molecule has 90 valence electrons. The third-order valence-electron chi connectivity index (χ3n) is 3.00. The molecule has 16 heavy (non-hydrogen) atoms. The summed E-state index contributed by atoms with van der Waals surface area (Å²) in [6.07, 6.45) is 2.05. The molecule has 0 aromatic heterocycles. The summed E-state index contributed by atoms with van der Waals surface area (Å²) in [6, 6.07) is -0.654. The molecule has 2 atom stereocenters. The molecule has 6 nitrogen and oxygen atoms in total. The Hall–Kier alpha value is -1.14. The second-order valence-electron chi connectivity index (χ2n) is 4.21. The smallest absolute Gasteiger partial charge is 0.322 e. The zero-order valence-corrected chi connectivity index (χ0v) is 9.02. The van der Waals surface area contributed by atoms with Gasteiger partial charge in [0.25, 0.3) is 0 Å². The minimum Gasteiger partial charge on any atom is -0.480 e. The number of rotatable bonds is 3. The Morgan fingerprint density at radius 1 is 1.62 bits per heavy atom. The van der Waals surface area contributed by atoms with Gasteiger partial charge in [-0.25, -0.2) is 0 Å². The van der Waals surface area contributed by atoms with Crippen molar-refractivity contribution >= 4 is 11.9 Å². The van der Waals surface area contributed by atoms with Gasteiger partial charge in [0.15, 0.2) is 0 Å². The van der Waals surface area contributed by atoms with E-state index in [9.17, 15) is 9.59 Å². The maximum absolute atomic E-state index is 11.6. The van der Waals surface area contributed by atoms with Crippen LogP contribution in [0, 0.1) is 0 Å². The van der Waals surface area contributed by atoms with Crippen LogP contribution in [0.4, 0.5) is 0 Å². The predicted molar refractivity (Wildman–Crippen MR) is 55.0 cm³/mol. The first-order valence-electron chi connectivity index (χ1n) is 5.52. The van der Waals surface area contributed by atoms with Crippen LogP contribution >= 0.6 is 0 Å². The highest BCUT2D eigenvalue weighted by Gasteiger charge is 2.31. The summed E-state index contributed by atoms with van der Waals surface area (Å²) >= 11 is 0. The van der Waals surface area contributed by atoms with Crippen LogP contribution in [0.2, 0.25) is 0 Å². The van der Waals surface area contributed by atoms with Crippen LogP contribution in [-0.4, -0.2) is 60.3 Å². The highest BCUT2D eigenvalue weighted by Crippen LogP contribution is 2.14. The zero-order chi connectivity index (χ0) is 11.5. The molecule has 0 saturated carbocycles. The van der Waals surface area contributed by atoms with Crippen LogP contribution in [0.5, 0.6) is 0 Å². The summed E-state index contributed by atoms with van der Waals surface area (Å²) < 4.78 is 5.44. The molecule has 2 rings (SSSR count). The monoisotopic (exact) mass is 228 g/mol. The van der Waals surface area contributed by atoms with Crippen LogP contribution < -0.4 is 5.32 Å². The van der Waals surface area contributed by atoms with Crippen molar-refractivity contribution in [3.8, 4) is 0 Å². The number of carbonyl (C=O) groups excluding carboxylic acids is 1. The van der Waals surface area contributed by atoms with Crippen molar-refractivity contribution in [2.45, 2.75) is 25.0 Å². The molecular formula is C10H16N2O4. The number of nitrogens with zero attached hydrogens (tertiary/aromatic N) is 1. The molecule has 2 N–H and O–H groups in total. The molecule has 0 spiro atoms. The van der Waals surface area contributed by atoms with E-state index in [0.717, 1.165) is 19.4 Å². The van der Waals surface area contributed by atoms with E-state index in [4.69, 9.17) is 9.84 Å². The maximum Gasteiger partial charge on any atom is 0.322 e. The highest BCUT2D eigenvalue weighted by molar-refractivity contribution is 5.83. The lowest BCUT2D eigenvalue weighted by Crippen LogP contribution is -2.58. The number of ether oxygens (including phenoxy) is 1. The van der Waals surface area contributed by atoms with Gasteiger partial charge in [0.1, 0.15) is 6.04 Å². The van der Waals surface area contributed by atoms with Gasteiger partial charge >= 0.3 is 5.97 Å². The first-order valence-corrected chi connectivity index (χ1v) is 5.52. The third-order valence-corrected chi connectivity index (χ3v) is 3.00. The Bertz CT molecular complexity index is 289. The van der Waals surface area contributed by atoms with Crippen molar-refractivity contribution in [2.24, 2.45) is 0 Å². The number of aliphatic carboxylic acids is 1. The van der Waals surface area contributed by atoms with Crippen molar-refractivity contribution in [3.63, 3.8) is 0 Å². The molecular weight excluding hydrogens is 212 g/mol. The number of nitrogens with one attached hydrogen (secondary N) is 1. The fraction of sp³-hybridized carbons (Fsp3) is 0.800. The molecule has 2 unspecified atom stereocenters. The van der Waals surface area contributed by atoms with Crippen LogP contribution in [0.15, 0.2) is 0 Å². The van der Waals surface area contributed by atoms with Crippen LogP contribution in [0.1, 0.15) is 12.8 Å². The summed E-state index contributed by atoms with van der Waals surface area (Å²) in [5.41, 5.74) is 0. The van der Waals surface area contributed by atoms with Gasteiger partial charge in [-0.15, -0.1) is 0 Å². The number of carbonyl (C=O) groups is 2. The van der Waals surface area contributed by atoms with E-state index in [0.29, 0.717) is 6.54 Å². The minimum atomic E-state index is -0.912. The number of hydrogen-bond acceptors (Lipinski definition) is 4. The molecule has 1 amide bonds.